The summed E-state index contributed by atoms with van der Waals surface area (Å²) >= 11 is 0. The van der Waals surface area contributed by atoms with Gasteiger partial charge in [0.15, 0.2) is 0 Å². The van der Waals surface area contributed by atoms with E-state index in [0.717, 1.165) is 25.9 Å². The fourth-order valence-corrected chi connectivity index (χ4v) is 1.79. The molecular weight excluding hydrogens is 228 g/mol. The third kappa shape index (κ3) is 7.07. The molecule has 1 N–H and O–H groups in total. The van der Waals surface area contributed by atoms with Gasteiger partial charge in [-0.2, -0.15) is 0 Å². The first kappa shape index (κ1) is 14.7. The summed E-state index contributed by atoms with van der Waals surface area (Å²) in [6, 6.07) is 10.1. The highest BCUT2D eigenvalue weighted by atomic mass is 16.5. The maximum atomic E-state index is 10.4. The van der Waals surface area contributed by atoms with Crippen molar-refractivity contribution in [2.24, 2.45) is 5.92 Å². The van der Waals surface area contributed by atoms with Gasteiger partial charge in [0.05, 0.1) is 6.61 Å². The topological polar surface area (TPSA) is 46.5 Å². The first-order valence-corrected chi connectivity index (χ1v) is 6.52. The van der Waals surface area contributed by atoms with Gasteiger partial charge < -0.3 is 9.84 Å². The predicted octanol–water partition coefficient (Wildman–Crippen LogP) is 3.48. The Kier molecular flexibility index (Phi) is 7.11. The molecule has 0 saturated carbocycles. The predicted molar refractivity (Wildman–Crippen MR) is 71.4 cm³/mol. The number of rotatable bonds is 9. The van der Waals surface area contributed by atoms with E-state index in [0.29, 0.717) is 12.5 Å². The minimum Gasteiger partial charge on any atom is -0.481 e. The van der Waals surface area contributed by atoms with Gasteiger partial charge in [0, 0.05) is 13.0 Å². The summed E-state index contributed by atoms with van der Waals surface area (Å²) in [5, 5.41) is 8.54. The molecule has 0 spiro atoms. The fraction of sp³-hybridized carbons (Fsp3) is 0.533. The van der Waals surface area contributed by atoms with E-state index in [2.05, 4.69) is 19.1 Å². The Hall–Kier alpha value is -1.35. The zero-order valence-corrected chi connectivity index (χ0v) is 11.0. The van der Waals surface area contributed by atoms with Gasteiger partial charge in [-0.15, -0.1) is 0 Å². The van der Waals surface area contributed by atoms with E-state index < -0.39 is 5.97 Å². The number of ether oxygens (including phenoxy) is 1. The van der Waals surface area contributed by atoms with E-state index >= 15 is 0 Å². The quantitative estimate of drug-likeness (QED) is 0.682. The van der Waals surface area contributed by atoms with Crippen molar-refractivity contribution in [3.8, 4) is 0 Å². The Bertz CT molecular complexity index is 335. The molecule has 0 aliphatic heterocycles. The SMILES string of the molecule is CC(CCCC(=O)O)CCOCc1ccccc1. The van der Waals surface area contributed by atoms with Gasteiger partial charge in [-0.05, 0) is 24.3 Å². The van der Waals surface area contributed by atoms with Crippen LogP contribution in [0.15, 0.2) is 30.3 Å². The first-order valence-electron chi connectivity index (χ1n) is 6.52. The number of carbonyl (C=O) groups is 1. The molecule has 0 aromatic heterocycles. The average Bonchev–Trinajstić information content (AvgIpc) is 2.35. The van der Waals surface area contributed by atoms with Crippen LogP contribution in [0.5, 0.6) is 0 Å². The molecule has 1 aromatic rings. The molecule has 1 atom stereocenters. The van der Waals surface area contributed by atoms with Crippen molar-refractivity contribution in [2.45, 2.75) is 39.2 Å². The lowest BCUT2D eigenvalue weighted by molar-refractivity contribution is -0.137. The summed E-state index contributed by atoms with van der Waals surface area (Å²) in [7, 11) is 0. The molecule has 18 heavy (non-hydrogen) atoms. The monoisotopic (exact) mass is 250 g/mol. The minimum absolute atomic E-state index is 0.273. The smallest absolute Gasteiger partial charge is 0.303 e. The summed E-state index contributed by atoms with van der Waals surface area (Å²) in [4.78, 5) is 10.4. The van der Waals surface area contributed by atoms with Crippen LogP contribution in [0.4, 0.5) is 0 Å². The number of carboxylic acids is 1. The molecule has 100 valence electrons. The highest BCUT2D eigenvalue weighted by Gasteiger charge is 2.04. The van der Waals surface area contributed by atoms with Crippen LogP contribution in [0.2, 0.25) is 0 Å². The molecule has 1 unspecified atom stereocenters. The molecule has 0 heterocycles. The third-order valence-corrected chi connectivity index (χ3v) is 2.95. The zero-order valence-electron chi connectivity index (χ0n) is 11.0. The Morgan fingerprint density at radius 1 is 1.28 bits per heavy atom. The summed E-state index contributed by atoms with van der Waals surface area (Å²) in [6.45, 7) is 3.54. The first-order chi connectivity index (χ1) is 8.68. The molecule has 0 aliphatic carbocycles. The van der Waals surface area contributed by atoms with Crippen molar-refractivity contribution in [3.63, 3.8) is 0 Å². The Labute approximate surface area is 109 Å². The lowest BCUT2D eigenvalue weighted by Gasteiger charge is -2.10. The number of aliphatic carboxylic acids is 1. The van der Waals surface area contributed by atoms with E-state index in [1.165, 1.54) is 5.56 Å². The highest BCUT2D eigenvalue weighted by Crippen LogP contribution is 2.12. The van der Waals surface area contributed by atoms with Crippen molar-refractivity contribution >= 4 is 5.97 Å². The standard InChI is InChI=1S/C15H22O3/c1-13(6-5-9-15(16)17)10-11-18-12-14-7-3-2-4-8-14/h2-4,7-8,13H,5-6,9-12H2,1H3,(H,16,17). The zero-order chi connectivity index (χ0) is 13.2. The van der Waals surface area contributed by atoms with E-state index in [-0.39, 0.29) is 6.42 Å². The molecule has 0 aliphatic rings. The lowest BCUT2D eigenvalue weighted by Crippen LogP contribution is -2.03. The van der Waals surface area contributed by atoms with Gasteiger partial charge in [0.2, 0.25) is 0 Å². The van der Waals surface area contributed by atoms with Crippen LogP contribution >= 0.6 is 0 Å². The Balaban J connectivity index is 2.02. The van der Waals surface area contributed by atoms with Crippen LogP contribution in [0.25, 0.3) is 0 Å². The summed E-state index contributed by atoms with van der Waals surface area (Å²) in [6.07, 6.45) is 2.98. The maximum absolute atomic E-state index is 10.4. The molecule has 0 bridgehead atoms. The molecular formula is C15H22O3. The van der Waals surface area contributed by atoms with Crippen molar-refractivity contribution in [1.82, 2.24) is 0 Å². The number of carboxylic acid groups (broad SMARTS) is 1. The van der Waals surface area contributed by atoms with Crippen LogP contribution in [-0.4, -0.2) is 17.7 Å². The second-order valence-corrected chi connectivity index (χ2v) is 4.72. The van der Waals surface area contributed by atoms with Crippen molar-refractivity contribution < 1.29 is 14.6 Å². The van der Waals surface area contributed by atoms with E-state index in [1.807, 2.05) is 18.2 Å². The molecule has 0 amide bonds. The van der Waals surface area contributed by atoms with Gasteiger partial charge in [-0.25, -0.2) is 0 Å². The van der Waals surface area contributed by atoms with E-state index in [4.69, 9.17) is 9.84 Å². The number of benzene rings is 1. The molecule has 1 rings (SSSR count). The molecule has 0 fully saturated rings. The maximum Gasteiger partial charge on any atom is 0.303 e. The number of hydrogen-bond acceptors (Lipinski definition) is 2. The van der Waals surface area contributed by atoms with E-state index in [1.54, 1.807) is 0 Å². The highest BCUT2D eigenvalue weighted by molar-refractivity contribution is 5.66. The second-order valence-electron chi connectivity index (χ2n) is 4.72. The lowest BCUT2D eigenvalue weighted by atomic mass is 10.0. The molecule has 3 nitrogen and oxygen atoms in total. The van der Waals surface area contributed by atoms with Crippen LogP contribution in [0.3, 0.4) is 0 Å². The Morgan fingerprint density at radius 3 is 2.67 bits per heavy atom. The van der Waals surface area contributed by atoms with Crippen molar-refractivity contribution in [1.29, 1.82) is 0 Å². The van der Waals surface area contributed by atoms with Gasteiger partial charge in [-0.3, -0.25) is 4.79 Å². The van der Waals surface area contributed by atoms with Crippen LogP contribution in [-0.2, 0) is 16.1 Å². The largest absolute Gasteiger partial charge is 0.481 e. The van der Waals surface area contributed by atoms with Crippen molar-refractivity contribution in [2.75, 3.05) is 6.61 Å². The minimum atomic E-state index is -0.706. The van der Waals surface area contributed by atoms with Crippen LogP contribution in [0, 0.1) is 5.92 Å². The Morgan fingerprint density at radius 2 is 2.00 bits per heavy atom. The summed E-state index contributed by atoms with van der Waals surface area (Å²) in [5.41, 5.74) is 1.19. The van der Waals surface area contributed by atoms with Crippen LogP contribution in [0.1, 0.15) is 38.2 Å². The molecule has 0 radical (unpaired) electrons. The van der Waals surface area contributed by atoms with Gasteiger partial charge in [0.25, 0.3) is 0 Å². The molecule has 1 aromatic carbocycles. The molecule has 3 heteroatoms. The average molecular weight is 250 g/mol. The summed E-state index contributed by atoms with van der Waals surface area (Å²) in [5.74, 6) is -0.178. The van der Waals surface area contributed by atoms with Gasteiger partial charge >= 0.3 is 5.97 Å². The fourth-order valence-electron chi connectivity index (χ4n) is 1.79. The number of hydrogen-bond donors (Lipinski definition) is 1. The normalized spacial score (nSPS) is 12.3. The van der Waals surface area contributed by atoms with Gasteiger partial charge in [0.1, 0.15) is 0 Å². The van der Waals surface area contributed by atoms with Crippen LogP contribution < -0.4 is 0 Å². The van der Waals surface area contributed by atoms with E-state index in [9.17, 15) is 4.79 Å². The van der Waals surface area contributed by atoms with Gasteiger partial charge in [-0.1, -0.05) is 43.7 Å². The summed E-state index contributed by atoms with van der Waals surface area (Å²) < 4.78 is 5.60. The molecule has 0 saturated heterocycles. The second kappa shape index (κ2) is 8.70. The van der Waals surface area contributed by atoms with Crippen molar-refractivity contribution in [3.05, 3.63) is 35.9 Å². The third-order valence-electron chi connectivity index (χ3n) is 2.95.